The van der Waals surface area contributed by atoms with Crippen LogP contribution in [0.25, 0.3) is 5.69 Å². The Labute approximate surface area is 130 Å². The minimum atomic E-state index is -1.17. The van der Waals surface area contributed by atoms with Crippen molar-refractivity contribution in [2.24, 2.45) is 0 Å². The van der Waals surface area contributed by atoms with Gasteiger partial charge in [-0.3, -0.25) is 0 Å². The van der Waals surface area contributed by atoms with Crippen molar-refractivity contribution in [2.75, 3.05) is 12.8 Å². The molecule has 0 atom stereocenters. The summed E-state index contributed by atoms with van der Waals surface area (Å²) in [6, 6.07) is 5.97. The highest BCUT2D eigenvalue weighted by molar-refractivity contribution is 6.33. The Bertz CT molecular complexity index is 820. The van der Waals surface area contributed by atoms with Gasteiger partial charge in [-0.15, -0.1) is 0 Å². The van der Waals surface area contributed by atoms with Crippen molar-refractivity contribution < 1.29 is 19.4 Å². The third-order valence-corrected chi connectivity index (χ3v) is 3.32. The largest absolute Gasteiger partial charge is 0.478 e. The first-order valence-corrected chi connectivity index (χ1v) is 6.31. The van der Waals surface area contributed by atoms with Gasteiger partial charge in [0.15, 0.2) is 5.69 Å². The maximum atomic E-state index is 11.9. The van der Waals surface area contributed by atoms with Crippen LogP contribution < -0.4 is 5.73 Å². The maximum Gasteiger partial charge on any atom is 0.357 e. The van der Waals surface area contributed by atoms with Crippen molar-refractivity contribution in [2.45, 2.75) is 0 Å². The van der Waals surface area contributed by atoms with Gasteiger partial charge in [-0.25, -0.2) is 9.59 Å². The van der Waals surface area contributed by atoms with Crippen LogP contribution in [0, 0.1) is 11.3 Å². The van der Waals surface area contributed by atoms with Crippen molar-refractivity contribution >= 4 is 29.2 Å². The highest BCUT2D eigenvalue weighted by Gasteiger charge is 2.22. The summed E-state index contributed by atoms with van der Waals surface area (Å²) in [5, 5.41) is 18.0. The van der Waals surface area contributed by atoms with Gasteiger partial charge in [-0.2, -0.15) is 5.26 Å². The number of carbonyl (C=O) groups excluding carboxylic acids is 1. The third kappa shape index (κ3) is 2.47. The topological polar surface area (TPSA) is 118 Å². The molecule has 1 aromatic carbocycles. The van der Waals surface area contributed by atoms with Gasteiger partial charge in [-0.1, -0.05) is 11.6 Å². The summed E-state index contributed by atoms with van der Waals surface area (Å²) in [7, 11) is 1.19. The number of methoxy groups -OCH3 is 1. The molecule has 22 heavy (non-hydrogen) atoms. The van der Waals surface area contributed by atoms with Crippen LogP contribution in [0.1, 0.15) is 26.4 Å². The molecule has 0 radical (unpaired) electrons. The monoisotopic (exact) mass is 319 g/mol. The van der Waals surface area contributed by atoms with Crippen LogP contribution in [-0.2, 0) is 4.74 Å². The van der Waals surface area contributed by atoms with Crippen LogP contribution in [0.4, 0.5) is 5.69 Å². The lowest BCUT2D eigenvalue weighted by Gasteiger charge is -2.09. The Morgan fingerprint density at radius 3 is 2.64 bits per heavy atom. The average Bonchev–Trinajstić information content (AvgIpc) is 2.82. The SMILES string of the molecule is COC(=O)c1c(N)c(C#N)cn1-c1ccc(C(=O)O)c(Cl)c1. The number of hydrogen-bond acceptors (Lipinski definition) is 5. The van der Waals surface area contributed by atoms with E-state index in [1.54, 1.807) is 0 Å². The first-order valence-electron chi connectivity index (χ1n) is 5.93. The molecule has 2 rings (SSSR count). The van der Waals surface area contributed by atoms with E-state index in [0.29, 0.717) is 5.69 Å². The number of aromatic carboxylic acids is 1. The lowest BCUT2D eigenvalue weighted by molar-refractivity contribution is 0.0592. The number of hydrogen-bond donors (Lipinski definition) is 2. The predicted molar refractivity (Wildman–Crippen MR) is 78.2 cm³/mol. The third-order valence-electron chi connectivity index (χ3n) is 3.00. The summed E-state index contributed by atoms with van der Waals surface area (Å²) in [4.78, 5) is 22.8. The van der Waals surface area contributed by atoms with Crippen LogP contribution in [0.5, 0.6) is 0 Å². The normalized spacial score (nSPS) is 10.0. The van der Waals surface area contributed by atoms with Gasteiger partial charge in [-0.05, 0) is 18.2 Å². The molecule has 1 heterocycles. The molecule has 0 bridgehead atoms. The zero-order valence-corrected chi connectivity index (χ0v) is 12.1. The number of rotatable bonds is 3. The number of carbonyl (C=O) groups is 2. The van der Waals surface area contributed by atoms with E-state index in [9.17, 15) is 9.59 Å². The summed E-state index contributed by atoms with van der Waals surface area (Å²) < 4.78 is 5.98. The van der Waals surface area contributed by atoms with E-state index < -0.39 is 11.9 Å². The number of halogens is 1. The number of nitrogen functional groups attached to an aromatic ring is 1. The number of aromatic nitrogens is 1. The minimum absolute atomic E-state index is 0.00778. The highest BCUT2D eigenvalue weighted by Crippen LogP contribution is 2.27. The molecule has 0 aliphatic carbocycles. The molecular weight excluding hydrogens is 310 g/mol. The van der Waals surface area contributed by atoms with E-state index in [-0.39, 0.29) is 27.5 Å². The van der Waals surface area contributed by atoms with Crippen molar-refractivity contribution in [1.82, 2.24) is 4.57 Å². The fourth-order valence-electron chi connectivity index (χ4n) is 1.95. The number of ether oxygens (including phenoxy) is 1. The Morgan fingerprint density at radius 2 is 2.14 bits per heavy atom. The van der Waals surface area contributed by atoms with Gasteiger partial charge >= 0.3 is 11.9 Å². The second kappa shape index (κ2) is 5.79. The molecular formula is C14H10ClN3O4. The average molecular weight is 320 g/mol. The lowest BCUT2D eigenvalue weighted by Crippen LogP contribution is -2.11. The molecule has 0 aliphatic rings. The van der Waals surface area contributed by atoms with Gasteiger partial charge < -0.3 is 20.1 Å². The van der Waals surface area contributed by atoms with Crippen LogP contribution in [0.3, 0.4) is 0 Å². The van der Waals surface area contributed by atoms with Gasteiger partial charge in [0.25, 0.3) is 0 Å². The molecule has 0 saturated heterocycles. The van der Waals surface area contributed by atoms with Crippen molar-refractivity contribution in [3.63, 3.8) is 0 Å². The molecule has 0 fully saturated rings. The van der Waals surface area contributed by atoms with Crippen molar-refractivity contribution in [3.05, 3.63) is 46.2 Å². The summed E-state index contributed by atoms with van der Waals surface area (Å²) in [5.74, 6) is -1.90. The Hall–Kier alpha value is -2.98. The van der Waals surface area contributed by atoms with Gasteiger partial charge in [0.2, 0.25) is 0 Å². The zero-order valence-electron chi connectivity index (χ0n) is 11.3. The molecule has 3 N–H and O–H groups in total. The predicted octanol–water partition coefficient (Wildman–Crippen LogP) is 2.07. The molecule has 0 unspecified atom stereocenters. The van der Waals surface area contributed by atoms with Gasteiger partial charge in [0.1, 0.15) is 6.07 Å². The van der Waals surface area contributed by atoms with E-state index in [2.05, 4.69) is 4.74 Å². The first-order chi connectivity index (χ1) is 10.4. The Kier molecular flexibility index (Phi) is 4.06. The molecule has 7 nitrogen and oxygen atoms in total. The Balaban J connectivity index is 2.67. The van der Waals surface area contributed by atoms with E-state index >= 15 is 0 Å². The zero-order chi connectivity index (χ0) is 16.4. The molecule has 8 heteroatoms. The molecule has 112 valence electrons. The Morgan fingerprint density at radius 1 is 1.45 bits per heavy atom. The van der Waals surface area contributed by atoms with Crippen LogP contribution >= 0.6 is 11.6 Å². The number of carboxylic acids is 1. The van der Waals surface area contributed by atoms with E-state index in [0.717, 1.165) is 0 Å². The second-order valence-corrected chi connectivity index (χ2v) is 4.65. The fraction of sp³-hybridized carbons (Fsp3) is 0.0714. The first kappa shape index (κ1) is 15.4. The number of nitrogens with zero attached hydrogens (tertiary/aromatic N) is 2. The van der Waals surface area contributed by atoms with Gasteiger partial charge in [0.05, 0.1) is 28.9 Å². The molecule has 0 spiro atoms. The summed E-state index contributed by atoms with van der Waals surface area (Å²) in [6.07, 6.45) is 1.35. The maximum absolute atomic E-state index is 11.9. The van der Waals surface area contributed by atoms with Crippen LogP contribution in [0.2, 0.25) is 5.02 Å². The number of benzene rings is 1. The van der Waals surface area contributed by atoms with Crippen LogP contribution in [-0.4, -0.2) is 28.7 Å². The van der Waals surface area contributed by atoms with Crippen molar-refractivity contribution in [3.8, 4) is 11.8 Å². The fourth-order valence-corrected chi connectivity index (χ4v) is 2.20. The minimum Gasteiger partial charge on any atom is -0.478 e. The smallest absolute Gasteiger partial charge is 0.357 e. The number of nitriles is 1. The molecule has 2 aromatic rings. The summed E-state index contributed by atoms with van der Waals surface area (Å²) in [5.41, 5.74) is 6.12. The van der Waals surface area contributed by atoms with Crippen molar-refractivity contribution in [1.29, 1.82) is 5.26 Å². The summed E-state index contributed by atoms with van der Waals surface area (Å²) in [6.45, 7) is 0. The van der Waals surface area contributed by atoms with Gasteiger partial charge in [0, 0.05) is 11.9 Å². The molecule has 0 amide bonds. The lowest BCUT2D eigenvalue weighted by atomic mass is 10.2. The number of nitrogens with two attached hydrogens (primary N) is 1. The summed E-state index contributed by atoms with van der Waals surface area (Å²) >= 11 is 5.91. The van der Waals surface area contributed by atoms with Crippen LogP contribution in [0.15, 0.2) is 24.4 Å². The highest BCUT2D eigenvalue weighted by atomic mass is 35.5. The van der Waals surface area contributed by atoms with E-state index in [1.807, 2.05) is 6.07 Å². The number of esters is 1. The van der Waals surface area contributed by atoms with E-state index in [4.69, 9.17) is 27.7 Å². The standard InChI is InChI=1S/C14H10ClN3O4/c1-22-14(21)12-11(17)7(5-16)6-18(12)8-2-3-9(13(19)20)10(15)4-8/h2-4,6H,17H2,1H3,(H,19,20). The molecule has 0 aliphatic heterocycles. The number of anilines is 1. The molecule has 0 saturated carbocycles. The molecule has 1 aromatic heterocycles. The number of carboxylic acid groups (broad SMARTS) is 1. The van der Waals surface area contributed by atoms with E-state index in [1.165, 1.54) is 36.1 Å². The second-order valence-electron chi connectivity index (χ2n) is 4.25. The quantitative estimate of drug-likeness (QED) is 0.836.